The van der Waals surface area contributed by atoms with Crippen LogP contribution in [-0.4, -0.2) is 15.1 Å². The van der Waals surface area contributed by atoms with Gasteiger partial charge in [0.2, 0.25) is 0 Å². The highest BCUT2D eigenvalue weighted by molar-refractivity contribution is 8.26. The maximum Gasteiger partial charge on any atom is 0.266 e. The third-order valence-electron chi connectivity index (χ3n) is 4.48. The summed E-state index contributed by atoms with van der Waals surface area (Å²) < 4.78 is 6.41. The molecule has 29 heavy (non-hydrogen) atoms. The summed E-state index contributed by atoms with van der Waals surface area (Å²) >= 11 is 6.76. The molecule has 0 bridgehead atoms. The van der Waals surface area contributed by atoms with Crippen LogP contribution >= 0.6 is 24.0 Å². The van der Waals surface area contributed by atoms with E-state index in [1.54, 1.807) is 4.90 Å². The molecule has 1 aliphatic heterocycles. The number of thiocarbonyl (C=S) groups is 1. The van der Waals surface area contributed by atoms with E-state index in [0.29, 0.717) is 22.4 Å². The third-order valence-corrected chi connectivity index (χ3v) is 5.86. The molecule has 0 saturated carbocycles. The number of carbonyl (C=O) groups excluding carboxylic acids is 1. The second kappa shape index (κ2) is 9.07. The number of nitrogens with zero attached hydrogens (tertiary/aromatic N) is 1. The first-order valence-electron chi connectivity index (χ1n) is 9.25. The lowest BCUT2D eigenvalue weighted by molar-refractivity contribution is -0.122. The van der Waals surface area contributed by atoms with Crippen molar-refractivity contribution in [2.24, 2.45) is 0 Å². The summed E-state index contributed by atoms with van der Waals surface area (Å²) in [5, 5.41) is 0. The molecular formula is C24H19NO2S2. The van der Waals surface area contributed by atoms with E-state index in [1.165, 1.54) is 11.8 Å². The Labute approximate surface area is 180 Å². The van der Waals surface area contributed by atoms with E-state index >= 15 is 0 Å². The molecule has 0 aromatic heterocycles. The van der Waals surface area contributed by atoms with Gasteiger partial charge in [0, 0.05) is 0 Å². The van der Waals surface area contributed by atoms with Gasteiger partial charge in [0.1, 0.15) is 16.7 Å². The van der Waals surface area contributed by atoms with Crippen LogP contribution in [0.5, 0.6) is 5.75 Å². The smallest absolute Gasteiger partial charge is 0.266 e. The lowest BCUT2D eigenvalue weighted by Crippen LogP contribution is -2.27. The predicted molar refractivity (Wildman–Crippen MR) is 122 cm³/mol. The maximum absolute atomic E-state index is 12.8. The van der Waals surface area contributed by atoms with Gasteiger partial charge in [-0.2, -0.15) is 0 Å². The first-order valence-corrected chi connectivity index (χ1v) is 10.5. The minimum atomic E-state index is -0.0479. The standard InChI is InChI=1S/C24H19NO2S2/c26-23-22(29-24(28)25(23)16-19-7-3-1-4-8-19)15-18-11-13-21(14-12-18)27-17-20-9-5-2-6-10-20/h1-15H,16-17H2. The van der Waals surface area contributed by atoms with Crippen molar-refractivity contribution in [1.82, 2.24) is 4.90 Å². The van der Waals surface area contributed by atoms with E-state index in [9.17, 15) is 4.79 Å². The van der Waals surface area contributed by atoms with E-state index < -0.39 is 0 Å². The molecule has 1 amide bonds. The fraction of sp³-hybridized carbons (Fsp3) is 0.0833. The molecule has 0 unspecified atom stereocenters. The van der Waals surface area contributed by atoms with Crippen LogP contribution in [0.4, 0.5) is 0 Å². The zero-order valence-corrected chi connectivity index (χ0v) is 17.3. The second-order valence-corrected chi connectivity index (χ2v) is 8.27. The maximum atomic E-state index is 12.8. The molecule has 0 spiro atoms. The van der Waals surface area contributed by atoms with Crippen molar-refractivity contribution in [2.75, 3.05) is 0 Å². The molecule has 0 radical (unpaired) electrons. The molecule has 3 aromatic rings. The molecule has 1 heterocycles. The van der Waals surface area contributed by atoms with Crippen molar-refractivity contribution in [3.63, 3.8) is 0 Å². The van der Waals surface area contributed by atoms with Gasteiger partial charge in [-0.15, -0.1) is 0 Å². The van der Waals surface area contributed by atoms with E-state index in [2.05, 4.69) is 0 Å². The molecule has 144 valence electrons. The SMILES string of the molecule is O=C1C(=Cc2ccc(OCc3ccccc3)cc2)SC(=S)N1Cc1ccccc1. The van der Waals surface area contributed by atoms with Crippen molar-refractivity contribution >= 4 is 40.3 Å². The van der Waals surface area contributed by atoms with Crippen LogP contribution < -0.4 is 4.74 Å². The average molecular weight is 418 g/mol. The fourth-order valence-electron chi connectivity index (χ4n) is 2.95. The van der Waals surface area contributed by atoms with Crippen molar-refractivity contribution in [3.05, 3.63) is 107 Å². The molecule has 1 saturated heterocycles. The van der Waals surface area contributed by atoms with Crippen molar-refractivity contribution < 1.29 is 9.53 Å². The predicted octanol–water partition coefficient (Wildman–Crippen LogP) is 5.67. The van der Waals surface area contributed by atoms with Gasteiger partial charge in [0.05, 0.1) is 11.4 Å². The second-order valence-electron chi connectivity index (χ2n) is 6.60. The Morgan fingerprint density at radius 2 is 1.48 bits per heavy atom. The molecule has 0 N–H and O–H groups in total. The molecule has 0 aliphatic carbocycles. The van der Waals surface area contributed by atoms with Crippen LogP contribution in [0.1, 0.15) is 16.7 Å². The van der Waals surface area contributed by atoms with Gasteiger partial charge in [0.25, 0.3) is 5.91 Å². The fourth-order valence-corrected chi connectivity index (χ4v) is 4.21. The molecule has 5 heteroatoms. The van der Waals surface area contributed by atoms with Gasteiger partial charge < -0.3 is 4.74 Å². The monoisotopic (exact) mass is 417 g/mol. The highest BCUT2D eigenvalue weighted by Crippen LogP contribution is 2.33. The van der Waals surface area contributed by atoms with Crippen molar-refractivity contribution in [3.8, 4) is 5.75 Å². The van der Waals surface area contributed by atoms with E-state index in [0.717, 1.165) is 22.4 Å². The van der Waals surface area contributed by atoms with E-state index in [4.69, 9.17) is 17.0 Å². The number of hydrogen-bond acceptors (Lipinski definition) is 4. The highest BCUT2D eigenvalue weighted by atomic mass is 32.2. The van der Waals surface area contributed by atoms with Crippen LogP contribution in [0, 0.1) is 0 Å². The van der Waals surface area contributed by atoms with Crippen LogP contribution in [0.25, 0.3) is 6.08 Å². The Morgan fingerprint density at radius 1 is 0.862 bits per heavy atom. The molecule has 1 aliphatic rings. The normalized spacial score (nSPS) is 15.2. The quantitative estimate of drug-likeness (QED) is 0.382. The highest BCUT2D eigenvalue weighted by Gasteiger charge is 2.31. The minimum absolute atomic E-state index is 0.0479. The summed E-state index contributed by atoms with van der Waals surface area (Å²) in [7, 11) is 0. The number of rotatable bonds is 6. The van der Waals surface area contributed by atoms with Gasteiger partial charge >= 0.3 is 0 Å². The number of ether oxygens (including phenoxy) is 1. The molecule has 4 rings (SSSR count). The first-order chi connectivity index (χ1) is 14.2. The lowest BCUT2D eigenvalue weighted by atomic mass is 10.2. The summed E-state index contributed by atoms with van der Waals surface area (Å²) in [5.41, 5.74) is 3.13. The Hall–Kier alpha value is -2.89. The number of hydrogen-bond donors (Lipinski definition) is 0. The van der Waals surface area contributed by atoms with Gasteiger partial charge in [0.15, 0.2) is 0 Å². The van der Waals surface area contributed by atoms with Crippen molar-refractivity contribution in [2.45, 2.75) is 13.2 Å². The Bertz CT molecular complexity index is 1030. The number of benzene rings is 3. The van der Waals surface area contributed by atoms with Gasteiger partial charge in [-0.3, -0.25) is 9.69 Å². The van der Waals surface area contributed by atoms with E-state index in [1.807, 2.05) is 91.0 Å². The average Bonchev–Trinajstić information content (AvgIpc) is 3.02. The Balaban J connectivity index is 1.41. The summed E-state index contributed by atoms with van der Waals surface area (Å²) in [5.74, 6) is 0.746. The Morgan fingerprint density at radius 3 is 2.14 bits per heavy atom. The van der Waals surface area contributed by atoms with E-state index in [-0.39, 0.29) is 5.91 Å². The Kier molecular flexibility index (Phi) is 6.08. The van der Waals surface area contributed by atoms with Crippen LogP contribution in [-0.2, 0) is 17.9 Å². The molecule has 3 nitrogen and oxygen atoms in total. The molecule has 3 aromatic carbocycles. The topological polar surface area (TPSA) is 29.5 Å². The zero-order valence-electron chi connectivity index (χ0n) is 15.7. The van der Waals surface area contributed by atoms with Crippen molar-refractivity contribution in [1.29, 1.82) is 0 Å². The minimum Gasteiger partial charge on any atom is -0.489 e. The third kappa shape index (κ3) is 4.94. The zero-order chi connectivity index (χ0) is 20.1. The van der Waals surface area contributed by atoms with Gasteiger partial charge in [-0.1, -0.05) is 96.8 Å². The largest absolute Gasteiger partial charge is 0.489 e. The molecular weight excluding hydrogens is 398 g/mol. The number of carbonyl (C=O) groups is 1. The van der Waals surface area contributed by atoms with Gasteiger partial charge in [-0.25, -0.2) is 0 Å². The summed E-state index contributed by atoms with van der Waals surface area (Å²) in [4.78, 5) is 15.1. The summed E-state index contributed by atoms with van der Waals surface area (Å²) in [6.45, 7) is 1.02. The number of amides is 1. The first kappa shape index (κ1) is 19.4. The van der Waals surface area contributed by atoms with Crippen LogP contribution in [0.2, 0.25) is 0 Å². The van der Waals surface area contributed by atoms with Crippen LogP contribution in [0.3, 0.4) is 0 Å². The number of thioether (sulfide) groups is 1. The van der Waals surface area contributed by atoms with Gasteiger partial charge in [-0.05, 0) is 34.9 Å². The summed E-state index contributed by atoms with van der Waals surface area (Å²) in [6, 6.07) is 27.7. The summed E-state index contributed by atoms with van der Waals surface area (Å²) in [6.07, 6.45) is 1.88. The lowest BCUT2D eigenvalue weighted by Gasteiger charge is -2.14. The molecule has 0 atom stereocenters. The molecule has 1 fully saturated rings. The van der Waals surface area contributed by atoms with Crippen LogP contribution in [0.15, 0.2) is 89.8 Å².